The predicted molar refractivity (Wildman–Crippen MR) is 82.3 cm³/mol. The highest BCUT2D eigenvalue weighted by molar-refractivity contribution is 7.09. The molecule has 22 heavy (non-hydrogen) atoms. The SMILES string of the molecule is COc1cc(-c2nsc(-c3ccc(O)c(O)c3)n2)ccc1O. The largest absolute Gasteiger partial charge is 0.504 e. The van der Waals surface area contributed by atoms with Crippen molar-refractivity contribution in [3.8, 4) is 45.0 Å². The number of aromatic nitrogens is 2. The lowest BCUT2D eigenvalue weighted by atomic mass is 10.2. The molecule has 0 aliphatic rings. The van der Waals surface area contributed by atoms with E-state index in [1.165, 1.54) is 36.8 Å². The lowest BCUT2D eigenvalue weighted by molar-refractivity contribution is 0.373. The number of benzene rings is 2. The van der Waals surface area contributed by atoms with Gasteiger partial charge in [0.05, 0.1) is 7.11 Å². The van der Waals surface area contributed by atoms with Gasteiger partial charge in [-0.25, -0.2) is 4.98 Å². The third kappa shape index (κ3) is 2.53. The maximum atomic E-state index is 9.61. The number of nitrogens with zero attached hydrogens (tertiary/aromatic N) is 2. The van der Waals surface area contributed by atoms with Crippen LogP contribution in [0.25, 0.3) is 22.0 Å². The molecule has 0 bridgehead atoms. The van der Waals surface area contributed by atoms with Crippen molar-refractivity contribution >= 4 is 11.5 Å². The molecular formula is C15H12N2O4S. The second kappa shape index (κ2) is 5.53. The Hall–Kier alpha value is -2.80. The zero-order chi connectivity index (χ0) is 15.7. The molecule has 0 saturated heterocycles. The van der Waals surface area contributed by atoms with Crippen molar-refractivity contribution in [1.29, 1.82) is 0 Å². The molecule has 0 amide bonds. The number of rotatable bonds is 3. The highest BCUT2D eigenvalue weighted by atomic mass is 32.1. The van der Waals surface area contributed by atoms with Crippen LogP contribution in [0.3, 0.4) is 0 Å². The molecular weight excluding hydrogens is 304 g/mol. The second-order valence-corrected chi connectivity index (χ2v) is 5.27. The quantitative estimate of drug-likeness (QED) is 0.643. The molecule has 0 radical (unpaired) electrons. The highest BCUT2D eigenvalue weighted by Crippen LogP contribution is 2.34. The first-order chi connectivity index (χ1) is 10.6. The smallest absolute Gasteiger partial charge is 0.173 e. The molecule has 0 spiro atoms. The van der Waals surface area contributed by atoms with E-state index in [2.05, 4.69) is 9.36 Å². The van der Waals surface area contributed by atoms with E-state index < -0.39 is 0 Å². The third-order valence-electron chi connectivity index (χ3n) is 3.09. The molecule has 6 nitrogen and oxygen atoms in total. The first-order valence-electron chi connectivity index (χ1n) is 6.32. The second-order valence-electron chi connectivity index (χ2n) is 4.51. The Morgan fingerprint density at radius 1 is 0.909 bits per heavy atom. The van der Waals surface area contributed by atoms with Gasteiger partial charge in [0.2, 0.25) is 0 Å². The number of hydrogen-bond donors (Lipinski definition) is 3. The molecule has 3 rings (SSSR count). The third-order valence-corrected chi connectivity index (χ3v) is 3.85. The number of ether oxygens (including phenoxy) is 1. The summed E-state index contributed by atoms with van der Waals surface area (Å²) in [4.78, 5) is 4.40. The number of hydrogen-bond acceptors (Lipinski definition) is 7. The minimum Gasteiger partial charge on any atom is -0.504 e. The van der Waals surface area contributed by atoms with Crippen LogP contribution in [0.15, 0.2) is 36.4 Å². The monoisotopic (exact) mass is 316 g/mol. The first kappa shape index (κ1) is 14.2. The van der Waals surface area contributed by atoms with Gasteiger partial charge in [-0.2, -0.15) is 4.37 Å². The average Bonchev–Trinajstić information content (AvgIpc) is 3.00. The van der Waals surface area contributed by atoms with Gasteiger partial charge in [0, 0.05) is 11.1 Å². The molecule has 3 aromatic rings. The minimum atomic E-state index is -0.208. The van der Waals surface area contributed by atoms with Crippen molar-refractivity contribution < 1.29 is 20.1 Å². The number of methoxy groups -OCH3 is 1. The van der Waals surface area contributed by atoms with Crippen LogP contribution in [0, 0.1) is 0 Å². The fourth-order valence-corrected chi connectivity index (χ4v) is 2.61. The van der Waals surface area contributed by atoms with Crippen LogP contribution < -0.4 is 4.74 Å². The van der Waals surface area contributed by atoms with Gasteiger partial charge in [-0.1, -0.05) is 0 Å². The van der Waals surface area contributed by atoms with Gasteiger partial charge in [-0.05, 0) is 47.9 Å². The summed E-state index contributed by atoms with van der Waals surface area (Å²) < 4.78 is 9.33. The van der Waals surface area contributed by atoms with Crippen LogP contribution in [0.1, 0.15) is 0 Å². The molecule has 3 N–H and O–H groups in total. The van der Waals surface area contributed by atoms with Gasteiger partial charge in [0.1, 0.15) is 5.01 Å². The molecule has 0 saturated carbocycles. The lowest BCUT2D eigenvalue weighted by Gasteiger charge is -2.04. The summed E-state index contributed by atoms with van der Waals surface area (Å²) in [6.07, 6.45) is 0. The van der Waals surface area contributed by atoms with Gasteiger partial charge in [0.15, 0.2) is 28.8 Å². The summed E-state index contributed by atoms with van der Waals surface area (Å²) in [6, 6.07) is 9.33. The molecule has 1 aromatic heterocycles. The van der Waals surface area contributed by atoms with Crippen LogP contribution in [-0.4, -0.2) is 31.8 Å². The molecule has 112 valence electrons. The molecule has 7 heteroatoms. The summed E-state index contributed by atoms with van der Waals surface area (Å²) >= 11 is 1.17. The van der Waals surface area contributed by atoms with Crippen LogP contribution in [0.4, 0.5) is 0 Å². The van der Waals surface area contributed by atoms with Crippen molar-refractivity contribution in [3.63, 3.8) is 0 Å². The van der Waals surface area contributed by atoms with Crippen molar-refractivity contribution in [2.75, 3.05) is 7.11 Å². The van der Waals surface area contributed by atoms with E-state index in [0.29, 0.717) is 27.7 Å². The van der Waals surface area contributed by atoms with Crippen molar-refractivity contribution in [1.82, 2.24) is 9.36 Å². The van der Waals surface area contributed by atoms with Crippen LogP contribution in [0.2, 0.25) is 0 Å². The summed E-state index contributed by atoms with van der Waals surface area (Å²) in [5, 5.41) is 29.1. The van der Waals surface area contributed by atoms with Crippen LogP contribution in [-0.2, 0) is 0 Å². The Balaban J connectivity index is 1.98. The van der Waals surface area contributed by atoms with E-state index in [-0.39, 0.29) is 17.2 Å². The van der Waals surface area contributed by atoms with Crippen molar-refractivity contribution in [3.05, 3.63) is 36.4 Å². The van der Waals surface area contributed by atoms with E-state index >= 15 is 0 Å². The summed E-state index contributed by atoms with van der Waals surface area (Å²) in [6.45, 7) is 0. The molecule has 0 atom stereocenters. The molecule has 0 unspecified atom stereocenters. The fourth-order valence-electron chi connectivity index (χ4n) is 1.93. The Morgan fingerprint density at radius 3 is 2.36 bits per heavy atom. The Kier molecular flexibility index (Phi) is 3.56. The minimum absolute atomic E-state index is 0.0464. The van der Waals surface area contributed by atoms with Gasteiger partial charge >= 0.3 is 0 Å². The topological polar surface area (TPSA) is 95.7 Å². The highest BCUT2D eigenvalue weighted by Gasteiger charge is 2.12. The summed E-state index contributed by atoms with van der Waals surface area (Å²) in [5.74, 6) is 0.490. The van der Waals surface area contributed by atoms with Crippen molar-refractivity contribution in [2.24, 2.45) is 0 Å². The van der Waals surface area contributed by atoms with Crippen LogP contribution >= 0.6 is 11.5 Å². The first-order valence-corrected chi connectivity index (χ1v) is 7.09. The normalized spacial score (nSPS) is 10.6. The van der Waals surface area contributed by atoms with E-state index in [9.17, 15) is 15.3 Å². The maximum absolute atomic E-state index is 9.61. The van der Waals surface area contributed by atoms with E-state index in [1.54, 1.807) is 18.2 Å². The average molecular weight is 316 g/mol. The van der Waals surface area contributed by atoms with Crippen molar-refractivity contribution in [2.45, 2.75) is 0 Å². The molecule has 2 aromatic carbocycles. The van der Waals surface area contributed by atoms with E-state index in [0.717, 1.165) is 0 Å². The van der Waals surface area contributed by atoms with Gasteiger partial charge in [0.25, 0.3) is 0 Å². The summed E-state index contributed by atoms with van der Waals surface area (Å²) in [7, 11) is 1.47. The maximum Gasteiger partial charge on any atom is 0.173 e. The fraction of sp³-hybridized carbons (Fsp3) is 0.0667. The zero-order valence-corrected chi connectivity index (χ0v) is 12.3. The Bertz CT molecular complexity index is 832. The van der Waals surface area contributed by atoms with E-state index in [4.69, 9.17) is 4.74 Å². The molecule has 0 fully saturated rings. The molecule has 0 aliphatic carbocycles. The molecule has 1 heterocycles. The van der Waals surface area contributed by atoms with Gasteiger partial charge in [-0.15, -0.1) is 0 Å². The van der Waals surface area contributed by atoms with Gasteiger partial charge in [-0.3, -0.25) is 0 Å². The van der Waals surface area contributed by atoms with Crippen LogP contribution in [0.5, 0.6) is 23.0 Å². The molecule has 0 aliphatic heterocycles. The van der Waals surface area contributed by atoms with E-state index in [1.807, 2.05) is 0 Å². The Morgan fingerprint density at radius 2 is 1.64 bits per heavy atom. The number of phenols is 3. The number of phenolic OH excluding ortho intramolecular Hbond substituents is 3. The number of aromatic hydroxyl groups is 3. The van der Waals surface area contributed by atoms with Gasteiger partial charge < -0.3 is 20.1 Å². The lowest BCUT2D eigenvalue weighted by Crippen LogP contribution is -1.86. The zero-order valence-electron chi connectivity index (χ0n) is 11.5. The Labute approximate surface area is 130 Å². The standard InChI is InChI=1S/C15H12N2O4S/c1-21-13-7-8(2-5-11(13)19)14-16-15(22-17-14)9-3-4-10(18)12(20)6-9/h2-7,18-20H,1H3. The summed E-state index contributed by atoms with van der Waals surface area (Å²) in [5.41, 5.74) is 1.37. The predicted octanol–water partition coefficient (Wildman–Crippen LogP) is 3.00.